The summed E-state index contributed by atoms with van der Waals surface area (Å²) in [6.45, 7) is 7.46. The molecule has 0 aliphatic rings. The van der Waals surface area contributed by atoms with Gasteiger partial charge in [0, 0.05) is 11.6 Å². The highest BCUT2D eigenvalue weighted by Crippen LogP contribution is 2.18. The van der Waals surface area contributed by atoms with Crippen molar-refractivity contribution >= 4 is 11.6 Å². The smallest absolute Gasteiger partial charge is 0.134 e. The summed E-state index contributed by atoms with van der Waals surface area (Å²) in [4.78, 5) is 8.38. The van der Waals surface area contributed by atoms with Crippen LogP contribution in [0, 0.1) is 13.8 Å². The Bertz CT molecular complexity index is 365. The van der Waals surface area contributed by atoms with Crippen LogP contribution in [0.4, 0.5) is 11.6 Å². The Labute approximate surface area is 96.1 Å². The first-order chi connectivity index (χ1) is 7.40. The number of hydrogen-bond acceptors (Lipinski definition) is 5. The largest absolute Gasteiger partial charge is 0.393 e. The Balaban J connectivity index is 2.80. The quantitative estimate of drug-likeness (QED) is 0.716. The van der Waals surface area contributed by atoms with Crippen molar-refractivity contribution in [3.8, 4) is 0 Å². The van der Waals surface area contributed by atoms with Gasteiger partial charge in [-0.3, -0.25) is 0 Å². The summed E-state index contributed by atoms with van der Waals surface area (Å²) in [5, 5.41) is 12.5. The molecule has 16 heavy (non-hydrogen) atoms. The van der Waals surface area contributed by atoms with Gasteiger partial charge >= 0.3 is 0 Å². The summed E-state index contributed by atoms with van der Waals surface area (Å²) >= 11 is 0. The van der Waals surface area contributed by atoms with E-state index in [0.717, 1.165) is 11.4 Å². The second-order valence-electron chi connectivity index (χ2n) is 4.26. The maximum atomic E-state index is 9.28. The van der Waals surface area contributed by atoms with Crippen LogP contribution in [0.2, 0.25) is 0 Å². The molecule has 1 heterocycles. The molecule has 1 aromatic rings. The third-order valence-electron chi connectivity index (χ3n) is 2.37. The minimum Gasteiger partial charge on any atom is -0.393 e. The predicted molar refractivity (Wildman–Crippen MR) is 65.3 cm³/mol. The summed E-state index contributed by atoms with van der Waals surface area (Å²) in [6, 6.07) is 0.146. The van der Waals surface area contributed by atoms with E-state index in [2.05, 4.69) is 15.3 Å². The summed E-state index contributed by atoms with van der Waals surface area (Å²) in [7, 11) is 0. The first-order valence-corrected chi connectivity index (χ1v) is 5.45. The average Bonchev–Trinajstić information content (AvgIpc) is 2.11. The number of nitrogens with two attached hydrogens (primary N) is 1. The molecule has 0 radical (unpaired) electrons. The third kappa shape index (κ3) is 3.34. The van der Waals surface area contributed by atoms with Crippen LogP contribution < -0.4 is 11.1 Å². The molecule has 2 unspecified atom stereocenters. The number of aliphatic hydroxyl groups is 1. The van der Waals surface area contributed by atoms with Gasteiger partial charge in [-0.1, -0.05) is 0 Å². The van der Waals surface area contributed by atoms with E-state index in [1.54, 1.807) is 13.8 Å². The van der Waals surface area contributed by atoms with E-state index in [9.17, 15) is 5.11 Å². The average molecular weight is 224 g/mol. The molecule has 90 valence electrons. The van der Waals surface area contributed by atoms with E-state index in [1.165, 1.54) is 0 Å². The second kappa shape index (κ2) is 5.12. The zero-order valence-corrected chi connectivity index (χ0v) is 10.3. The number of anilines is 2. The number of rotatable bonds is 4. The van der Waals surface area contributed by atoms with Gasteiger partial charge in [0.2, 0.25) is 0 Å². The lowest BCUT2D eigenvalue weighted by Gasteiger charge is -2.18. The van der Waals surface area contributed by atoms with Crippen LogP contribution in [-0.4, -0.2) is 27.2 Å². The third-order valence-corrected chi connectivity index (χ3v) is 2.37. The molecule has 0 aliphatic heterocycles. The van der Waals surface area contributed by atoms with Gasteiger partial charge in [-0.2, -0.15) is 0 Å². The zero-order valence-electron chi connectivity index (χ0n) is 10.3. The normalized spacial score (nSPS) is 14.6. The van der Waals surface area contributed by atoms with Crippen molar-refractivity contribution in [2.75, 3.05) is 11.1 Å². The Morgan fingerprint density at radius 2 is 1.94 bits per heavy atom. The van der Waals surface area contributed by atoms with Crippen molar-refractivity contribution in [2.24, 2.45) is 0 Å². The summed E-state index contributed by atoms with van der Waals surface area (Å²) in [6.07, 6.45) is 0.339. The van der Waals surface area contributed by atoms with Crippen molar-refractivity contribution in [1.82, 2.24) is 9.97 Å². The lowest BCUT2D eigenvalue weighted by molar-refractivity contribution is 0.179. The molecular weight excluding hydrogens is 204 g/mol. The lowest BCUT2D eigenvalue weighted by Crippen LogP contribution is -2.22. The van der Waals surface area contributed by atoms with E-state index >= 15 is 0 Å². The molecule has 0 saturated heterocycles. The van der Waals surface area contributed by atoms with Gasteiger partial charge in [0.1, 0.15) is 17.5 Å². The highest BCUT2D eigenvalue weighted by Gasteiger charge is 2.11. The molecule has 0 fully saturated rings. The van der Waals surface area contributed by atoms with Crippen molar-refractivity contribution in [2.45, 2.75) is 46.3 Å². The Morgan fingerprint density at radius 3 is 2.50 bits per heavy atom. The summed E-state index contributed by atoms with van der Waals surface area (Å²) < 4.78 is 0. The molecule has 0 saturated carbocycles. The monoisotopic (exact) mass is 224 g/mol. The van der Waals surface area contributed by atoms with Crippen molar-refractivity contribution in [1.29, 1.82) is 0 Å². The first kappa shape index (κ1) is 12.7. The van der Waals surface area contributed by atoms with E-state index in [0.29, 0.717) is 18.1 Å². The van der Waals surface area contributed by atoms with Gasteiger partial charge in [-0.05, 0) is 34.1 Å². The molecule has 2 atom stereocenters. The molecule has 0 spiro atoms. The maximum absolute atomic E-state index is 9.28. The van der Waals surface area contributed by atoms with Crippen molar-refractivity contribution in [3.63, 3.8) is 0 Å². The number of nitrogens with zero attached hydrogens (tertiary/aromatic N) is 2. The summed E-state index contributed by atoms with van der Waals surface area (Å²) in [5.74, 6) is 1.90. The van der Waals surface area contributed by atoms with Gasteiger partial charge in [0.15, 0.2) is 0 Å². The number of aromatic nitrogens is 2. The predicted octanol–water partition coefficient (Wildman–Crippen LogP) is 1.25. The van der Waals surface area contributed by atoms with E-state index in [4.69, 9.17) is 5.73 Å². The van der Waals surface area contributed by atoms with E-state index in [1.807, 2.05) is 13.8 Å². The molecule has 0 aliphatic carbocycles. The van der Waals surface area contributed by atoms with Crippen LogP contribution in [0.5, 0.6) is 0 Å². The molecule has 4 N–H and O–H groups in total. The topological polar surface area (TPSA) is 84.1 Å². The summed E-state index contributed by atoms with van der Waals surface area (Å²) in [5.41, 5.74) is 6.61. The van der Waals surface area contributed by atoms with Crippen LogP contribution in [0.25, 0.3) is 0 Å². The molecule has 0 amide bonds. The number of aliphatic hydroxyl groups excluding tert-OH is 1. The van der Waals surface area contributed by atoms with Gasteiger partial charge in [-0.25, -0.2) is 9.97 Å². The molecular formula is C11H20N4O. The SMILES string of the molecule is Cc1nc(N)c(C)c(NC(C)CC(C)O)n1. The standard InChI is InChI=1S/C11H20N4O/c1-6(5-7(2)16)13-11-8(3)10(12)14-9(4)15-11/h6-7,16H,5H2,1-4H3,(H3,12,13,14,15). The fraction of sp³-hybridized carbons (Fsp3) is 0.636. The molecule has 0 aromatic carbocycles. The Hall–Kier alpha value is -1.36. The maximum Gasteiger partial charge on any atom is 0.134 e. The van der Waals surface area contributed by atoms with E-state index in [-0.39, 0.29) is 12.1 Å². The number of hydrogen-bond donors (Lipinski definition) is 3. The van der Waals surface area contributed by atoms with Gasteiger partial charge in [0.05, 0.1) is 6.10 Å². The molecule has 1 rings (SSSR count). The minimum absolute atomic E-state index is 0.146. The Morgan fingerprint density at radius 1 is 1.31 bits per heavy atom. The first-order valence-electron chi connectivity index (χ1n) is 5.45. The van der Waals surface area contributed by atoms with Gasteiger partial charge in [0.25, 0.3) is 0 Å². The number of aryl methyl sites for hydroxylation is 1. The minimum atomic E-state index is -0.330. The second-order valence-corrected chi connectivity index (χ2v) is 4.26. The fourth-order valence-electron chi connectivity index (χ4n) is 1.59. The molecule has 5 heteroatoms. The van der Waals surface area contributed by atoms with E-state index < -0.39 is 0 Å². The molecule has 0 bridgehead atoms. The van der Waals surface area contributed by atoms with Crippen molar-refractivity contribution in [3.05, 3.63) is 11.4 Å². The lowest BCUT2D eigenvalue weighted by atomic mass is 10.1. The highest BCUT2D eigenvalue weighted by atomic mass is 16.3. The molecule has 1 aromatic heterocycles. The fourth-order valence-corrected chi connectivity index (χ4v) is 1.59. The zero-order chi connectivity index (χ0) is 12.3. The number of nitrogen functional groups attached to an aromatic ring is 1. The van der Waals surface area contributed by atoms with Crippen LogP contribution >= 0.6 is 0 Å². The van der Waals surface area contributed by atoms with Crippen LogP contribution in [0.3, 0.4) is 0 Å². The Kier molecular flexibility index (Phi) is 4.06. The number of nitrogens with one attached hydrogen (secondary N) is 1. The van der Waals surface area contributed by atoms with Crippen LogP contribution in [0.1, 0.15) is 31.7 Å². The highest BCUT2D eigenvalue weighted by molar-refractivity contribution is 5.55. The van der Waals surface area contributed by atoms with Gasteiger partial charge in [-0.15, -0.1) is 0 Å². The van der Waals surface area contributed by atoms with Crippen LogP contribution in [-0.2, 0) is 0 Å². The van der Waals surface area contributed by atoms with Crippen LogP contribution in [0.15, 0.2) is 0 Å². The van der Waals surface area contributed by atoms with Gasteiger partial charge < -0.3 is 16.2 Å². The molecule has 5 nitrogen and oxygen atoms in total. The van der Waals surface area contributed by atoms with Crippen molar-refractivity contribution < 1.29 is 5.11 Å².